The molecule has 1 atom stereocenters. The summed E-state index contributed by atoms with van der Waals surface area (Å²) in [4.78, 5) is 38.2. The minimum absolute atomic E-state index is 0.0181. The van der Waals surface area contributed by atoms with E-state index in [4.69, 9.17) is 9.72 Å². The Bertz CT molecular complexity index is 1230. The van der Waals surface area contributed by atoms with E-state index in [0.717, 1.165) is 54.9 Å². The van der Waals surface area contributed by atoms with Crippen molar-refractivity contribution in [1.82, 2.24) is 19.8 Å². The first-order valence-corrected chi connectivity index (χ1v) is 12.3. The van der Waals surface area contributed by atoms with Crippen molar-refractivity contribution in [3.63, 3.8) is 0 Å². The number of hydrogen-bond donors (Lipinski definition) is 0. The number of hydrogen-bond acceptors (Lipinski definition) is 5. The Morgan fingerprint density at radius 2 is 1.97 bits per heavy atom. The van der Waals surface area contributed by atoms with Gasteiger partial charge in [-0.25, -0.2) is 4.98 Å². The number of piperidine rings is 1. The molecular formula is C28H30N4O3. The second-order valence-electron chi connectivity index (χ2n) is 9.36. The molecule has 1 aromatic heterocycles. The zero-order chi connectivity index (χ0) is 24.2. The number of ether oxygens (including phenoxy) is 1. The number of carbonyl (C=O) groups excluding carboxylic acids is 2. The fourth-order valence-corrected chi connectivity index (χ4v) is 4.87. The van der Waals surface area contributed by atoms with Crippen molar-refractivity contribution < 1.29 is 14.3 Å². The number of benzene rings is 2. The van der Waals surface area contributed by atoms with Crippen molar-refractivity contribution in [1.29, 1.82) is 0 Å². The van der Waals surface area contributed by atoms with Crippen LogP contribution in [0, 0.1) is 6.92 Å². The van der Waals surface area contributed by atoms with E-state index in [2.05, 4.69) is 4.98 Å². The highest BCUT2D eigenvalue weighted by Crippen LogP contribution is 2.29. The number of aromatic nitrogens is 2. The zero-order valence-electron chi connectivity index (χ0n) is 20.0. The maximum Gasteiger partial charge on any atom is 0.253 e. The van der Waals surface area contributed by atoms with Crippen LogP contribution >= 0.6 is 0 Å². The third-order valence-corrected chi connectivity index (χ3v) is 6.78. The zero-order valence-corrected chi connectivity index (χ0v) is 20.0. The second kappa shape index (κ2) is 10.3. The Hall–Kier alpha value is -3.74. The molecular weight excluding hydrogens is 440 g/mol. The summed E-state index contributed by atoms with van der Waals surface area (Å²) in [5.41, 5.74) is 3.53. The monoisotopic (exact) mass is 470 g/mol. The molecule has 3 heterocycles. The SMILES string of the molecule is Cc1ccccc1Oc1cncc(C2CCCN(C(=O)c3cccc(CN4CCCC4=O)c3)C2)n1. The van der Waals surface area contributed by atoms with Crippen molar-refractivity contribution in [2.45, 2.75) is 45.1 Å². The lowest BCUT2D eigenvalue weighted by Gasteiger charge is -2.32. The van der Waals surface area contributed by atoms with Crippen LogP contribution in [0.2, 0.25) is 0 Å². The molecule has 5 rings (SSSR count). The van der Waals surface area contributed by atoms with Crippen LogP contribution in [-0.4, -0.2) is 51.2 Å². The summed E-state index contributed by atoms with van der Waals surface area (Å²) in [6, 6.07) is 15.5. The summed E-state index contributed by atoms with van der Waals surface area (Å²) in [6.45, 7) is 4.66. The van der Waals surface area contributed by atoms with Gasteiger partial charge in [0, 0.05) is 50.3 Å². The van der Waals surface area contributed by atoms with Gasteiger partial charge in [0.15, 0.2) is 0 Å². The fraction of sp³-hybridized carbons (Fsp3) is 0.357. The maximum absolute atomic E-state index is 13.4. The molecule has 2 aliphatic rings. The van der Waals surface area contributed by atoms with Crippen molar-refractivity contribution >= 4 is 11.8 Å². The molecule has 180 valence electrons. The first-order valence-electron chi connectivity index (χ1n) is 12.3. The Morgan fingerprint density at radius 3 is 2.80 bits per heavy atom. The van der Waals surface area contributed by atoms with Gasteiger partial charge in [0.2, 0.25) is 11.8 Å². The molecule has 7 heteroatoms. The number of amides is 2. The molecule has 0 spiro atoms. The molecule has 0 radical (unpaired) electrons. The predicted molar refractivity (Wildman–Crippen MR) is 132 cm³/mol. The second-order valence-corrected chi connectivity index (χ2v) is 9.36. The Morgan fingerprint density at radius 1 is 1.09 bits per heavy atom. The van der Waals surface area contributed by atoms with Crippen molar-refractivity contribution in [3.8, 4) is 11.6 Å². The van der Waals surface area contributed by atoms with Crippen molar-refractivity contribution in [2.24, 2.45) is 0 Å². The van der Waals surface area contributed by atoms with Crippen LogP contribution in [-0.2, 0) is 11.3 Å². The standard InChI is InChI=1S/C28H30N4O3/c1-20-7-2-3-11-25(20)35-26-17-29-16-24(30-26)23-10-5-14-32(19-23)28(34)22-9-4-8-21(15-22)18-31-13-6-12-27(31)33/h2-4,7-9,11,15-17,23H,5-6,10,12-14,18-19H2,1H3. The van der Waals surface area contributed by atoms with Crippen molar-refractivity contribution in [3.05, 3.63) is 83.3 Å². The van der Waals surface area contributed by atoms with Crippen LogP contribution in [0.25, 0.3) is 0 Å². The molecule has 3 aromatic rings. The van der Waals surface area contributed by atoms with Crippen LogP contribution in [0.5, 0.6) is 11.6 Å². The molecule has 0 aliphatic carbocycles. The van der Waals surface area contributed by atoms with Gasteiger partial charge in [0.1, 0.15) is 5.75 Å². The summed E-state index contributed by atoms with van der Waals surface area (Å²) in [7, 11) is 0. The molecule has 2 amide bonds. The van der Waals surface area contributed by atoms with E-state index in [-0.39, 0.29) is 17.7 Å². The van der Waals surface area contributed by atoms with Gasteiger partial charge < -0.3 is 14.5 Å². The normalized spacial score (nSPS) is 18.1. The van der Waals surface area contributed by atoms with E-state index in [1.165, 1.54) is 0 Å². The number of aryl methyl sites for hydroxylation is 1. The highest BCUT2D eigenvalue weighted by Gasteiger charge is 2.27. The molecule has 0 N–H and O–H groups in total. The van der Waals surface area contributed by atoms with Gasteiger partial charge in [-0.05, 0) is 55.5 Å². The van der Waals surface area contributed by atoms with Gasteiger partial charge in [-0.15, -0.1) is 0 Å². The van der Waals surface area contributed by atoms with Gasteiger partial charge in [0.05, 0.1) is 11.9 Å². The maximum atomic E-state index is 13.4. The lowest BCUT2D eigenvalue weighted by Crippen LogP contribution is -2.39. The Balaban J connectivity index is 1.27. The van der Waals surface area contributed by atoms with E-state index in [1.807, 2.05) is 65.3 Å². The van der Waals surface area contributed by atoms with Gasteiger partial charge in [-0.3, -0.25) is 14.6 Å². The average Bonchev–Trinajstić information content (AvgIpc) is 3.29. The summed E-state index contributed by atoms with van der Waals surface area (Å²) in [6.07, 6.45) is 6.78. The summed E-state index contributed by atoms with van der Waals surface area (Å²) in [5.74, 6) is 1.53. The minimum Gasteiger partial charge on any atom is -0.437 e. The average molecular weight is 471 g/mol. The largest absolute Gasteiger partial charge is 0.437 e. The van der Waals surface area contributed by atoms with Crippen LogP contribution in [0.1, 0.15) is 58.8 Å². The highest BCUT2D eigenvalue weighted by atomic mass is 16.5. The minimum atomic E-state index is 0.0181. The molecule has 2 aromatic carbocycles. The van der Waals surface area contributed by atoms with Gasteiger partial charge in [-0.2, -0.15) is 0 Å². The number of para-hydroxylation sites is 1. The summed E-state index contributed by atoms with van der Waals surface area (Å²) < 4.78 is 5.98. The number of carbonyl (C=O) groups is 2. The third kappa shape index (κ3) is 5.34. The number of rotatable bonds is 6. The van der Waals surface area contributed by atoms with E-state index in [1.54, 1.807) is 12.4 Å². The molecule has 0 saturated carbocycles. The smallest absolute Gasteiger partial charge is 0.253 e. The lowest BCUT2D eigenvalue weighted by molar-refractivity contribution is -0.128. The van der Waals surface area contributed by atoms with E-state index in [0.29, 0.717) is 31.0 Å². The molecule has 2 saturated heterocycles. The molecule has 0 bridgehead atoms. The first kappa shape index (κ1) is 23.0. The van der Waals surface area contributed by atoms with Crippen molar-refractivity contribution in [2.75, 3.05) is 19.6 Å². The van der Waals surface area contributed by atoms with Crippen LogP contribution in [0.4, 0.5) is 0 Å². The molecule has 7 nitrogen and oxygen atoms in total. The first-order chi connectivity index (χ1) is 17.1. The number of nitrogens with zero attached hydrogens (tertiary/aromatic N) is 4. The molecule has 1 unspecified atom stereocenters. The highest BCUT2D eigenvalue weighted by molar-refractivity contribution is 5.94. The lowest BCUT2D eigenvalue weighted by atomic mass is 9.94. The summed E-state index contributed by atoms with van der Waals surface area (Å²) >= 11 is 0. The Labute approximate surface area is 205 Å². The predicted octanol–water partition coefficient (Wildman–Crippen LogP) is 4.72. The van der Waals surface area contributed by atoms with E-state index in [9.17, 15) is 9.59 Å². The molecule has 2 fully saturated rings. The van der Waals surface area contributed by atoms with Gasteiger partial charge in [-0.1, -0.05) is 30.3 Å². The Kier molecular flexibility index (Phi) is 6.75. The quantitative estimate of drug-likeness (QED) is 0.521. The van der Waals surface area contributed by atoms with Crippen LogP contribution in [0.15, 0.2) is 60.9 Å². The fourth-order valence-electron chi connectivity index (χ4n) is 4.87. The molecule has 2 aliphatic heterocycles. The molecule has 35 heavy (non-hydrogen) atoms. The van der Waals surface area contributed by atoms with Crippen LogP contribution < -0.4 is 4.74 Å². The third-order valence-electron chi connectivity index (χ3n) is 6.78. The van der Waals surface area contributed by atoms with E-state index >= 15 is 0 Å². The van der Waals surface area contributed by atoms with Crippen LogP contribution in [0.3, 0.4) is 0 Å². The summed E-state index contributed by atoms with van der Waals surface area (Å²) in [5, 5.41) is 0. The number of likely N-dealkylation sites (tertiary alicyclic amines) is 2. The van der Waals surface area contributed by atoms with E-state index < -0.39 is 0 Å². The van der Waals surface area contributed by atoms with Gasteiger partial charge in [0.25, 0.3) is 5.91 Å². The topological polar surface area (TPSA) is 75.6 Å². The van der Waals surface area contributed by atoms with Gasteiger partial charge >= 0.3 is 0 Å².